The van der Waals surface area contributed by atoms with Crippen LogP contribution in [0.3, 0.4) is 0 Å². The fourth-order valence-corrected chi connectivity index (χ4v) is 1.53. The molecule has 0 bridgehead atoms. The minimum Gasteiger partial charge on any atom is -0.507 e. The second kappa shape index (κ2) is 3.54. The zero-order valence-electron chi connectivity index (χ0n) is 6.69. The highest BCUT2D eigenvalue weighted by molar-refractivity contribution is 9.10. The predicted octanol–water partition coefficient (Wildman–Crippen LogP) is 3.13. The van der Waals surface area contributed by atoms with Gasteiger partial charge >= 0.3 is 0 Å². The van der Waals surface area contributed by atoms with E-state index in [0.717, 1.165) is 5.56 Å². The van der Waals surface area contributed by atoms with Gasteiger partial charge in [0, 0.05) is 6.07 Å². The smallest absolute Gasteiger partial charge is 0.141 e. The van der Waals surface area contributed by atoms with Crippen LogP contribution in [0.25, 0.3) is 0 Å². The number of methoxy groups -OCH3 is 1. The van der Waals surface area contributed by atoms with Gasteiger partial charge in [-0.05, 0) is 28.4 Å². The van der Waals surface area contributed by atoms with Gasteiger partial charge in [0.1, 0.15) is 11.5 Å². The van der Waals surface area contributed by atoms with E-state index in [2.05, 4.69) is 15.9 Å². The number of benzene rings is 1. The Morgan fingerprint density at radius 3 is 2.67 bits per heavy atom. The maximum Gasteiger partial charge on any atom is 0.141 e. The van der Waals surface area contributed by atoms with E-state index in [0.29, 0.717) is 15.2 Å². The van der Waals surface area contributed by atoms with E-state index < -0.39 is 0 Å². The summed E-state index contributed by atoms with van der Waals surface area (Å²) in [7, 11) is 1.51. The molecular formula is C8H8BrClO2. The number of halogens is 2. The van der Waals surface area contributed by atoms with Gasteiger partial charge < -0.3 is 9.84 Å². The third-order valence-electron chi connectivity index (χ3n) is 1.59. The molecule has 1 aromatic carbocycles. The van der Waals surface area contributed by atoms with Crippen LogP contribution in [0, 0.1) is 6.92 Å². The standard InChI is InChI=1S/C8H8BrClO2/c1-4-7(9)5(11)3-6(12-2)8(4)10/h3,11H,1-2H3. The number of ether oxygens (including phenoxy) is 1. The zero-order chi connectivity index (χ0) is 9.30. The number of phenolic OH excluding ortho intramolecular Hbond substituents is 1. The van der Waals surface area contributed by atoms with Gasteiger partial charge in [-0.3, -0.25) is 0 Å². The average molecular weight is 252 g/mol. The van der Waals surface area contributed by atoms with Crippen LogP contribution in [-0.2, 0) is 0 Å². The molecule has 0 aromatic heterocycles. The Labute approximate surface area is 84.2 Å². The first-order valence-corrected chi connectivity index (χ1v) is 4.46. The van der Waals surface area contributed by atoms with Crippen molar-refractivity contribution in [3.8, 4) is 11.5 Å². The van der Waals surface area contributed by atoms with E-state index in [1.54, 1.807) is 6.92 Å². The SMILES string of the molecule is COc1cc(O)c(Br)c(C)c1Cl. The summed E-state index contributed by atoms with van der Waals surface area (Å²) in [6.07, 6.45) is 0. The van der Waals surface area contributed by atoms with Crippen LogP contribution in [-0.4, -0.2) is 12.2 Å². The number of aromatic hydroxyl groups is 1. The van der Waals surface area contributed by atoms with Crippen molar-refractivity contribution in [1.29, 1.82) is 0 Å². The van der Waals surface area contributed by atoms with Gasteiger partial charge in [0.15, 0.2) is 0 Å². The number of rotatable bonds is 1. The zero-order valence-corrected chi connectivity index (χ0v) is 9.03. The topological polar surface area (TPSA) is 29.5 Å². The van der Waals surface area contributed by atoms with Crippen molar-refractivity contribution in [3.63, 3.8) is 0 Å². The Morgan fingerprint density at radius 1 is 1.58 bits per heavy atom. The molecule has 0 aliphatic rings. The molecule has 0 saturated carbocycles. The lowest BCUT2D eigenvalue weighted by Gasteiger charge is -2.08. The van der Waals surface area contributed by atoms with Crippen molar-refractivity contribution in [2.45, 2.75) is 6.92 Å². The van der Waals surface area contributed by atoms with Crippen molar-refractivity contribution in [2.24, 2.45) is 0 Å². The number of hydrogen-bond donors (Lipinski definition) is 1. The molecule has 0 aliphatic heterocycles. The van der Waals surface area contributed by atoms with E-state index in [1.807, 2.05) is 0 Å². The molecule has 0 saturated heterocycles. The molecule has 66 valence electrons. The van der Waals surface area contributed by atoms with E-state index in [4.69, 9.17) is 16.3 Å². The highest BCUT2D eigenvalue weighted by Crippen LogP contribution is 2.38. The summed E-state index contributed by atoms with van der Waals surface area (Å²) in [4.78, 5) is 0. The van der Waals surface area contributed by atoms with Gasteiger partial charge in [-0.1, -0.05) is 11.6 Å². The Balaban J connectivity index is 3.39. The van der Waals surface area contributed by atoms with Crippen LogP contribution in [0.1, 0.15) is 5.56 Å². The monoisotopic (exact) mass is 250 g/mol. The minimum absolute atomic E-state index is 0.133. The highest BCUT2D eigenvalue weighted by Gasteiger charge is 2.11. The predicted molar refractivity (Wildman–Crippen MR) is 52.1 cm³/mol. The third kappa shape index (κ3) is 1.52. The highest BCUT2D eigenvalue weighted by atomic mass is 79.9. The molecule has 0 unspecified atom stereocenters. The van der Waals surface area contributed by atoms with Crippen LogP contribution in [0.4, 0.5) is 0 Å². The lowest BCUT2D eigenvalue weighted by atomic mass is 10.2. The molecule has 0 amide bonds. The maximum absolute atomic E-state index is 9.35. The van der Waals surface area contributed by atoms with Crippen LogP contribution in [0.5, 0.6) is 11.5 Å². The van der Waals surface area contributed by atoms with Crippen LogP contribution < -0.4 is 4.74 Å². The third-order valence-corrected chi connectivity index (χ3v) is 3.06. The molecule has 0 atom stereocenters. The van der Waals surface area contributed by atoms with Gasteiger partial charge in [-0.15, -0.1) is 0 Å². The number of hydrogen-bond acceptors (Lipinski definition) is 2. The van der Waals surface area contributed by atoms with E-state index in [-0.39, 0.29) is 5.75 Å². The molecule has 0 fully saturated rings. The molecule has 2 nitrogen and oxygen atoms in total. The normalized spacial score (nSPS) is 10.0. The fourth-order valence-electron chi connectivity index (χ4n) is 0.873. The van der Waals surface area contributed by atoms with E-state index in [9.17, 15) is 5.11 Å². The van der Waals surface area contributed by atoms with Crippen LogP contribution >= 0.6 is 27.5 Å². The van der Waals surface area contributed by atoms with E-state index in [1.165, 1.54) is 13.2 Å². The second-order valence-corrected chi connectivity index (χ2v) is 3.52. The Bertz CT molecular complexity index is 312. The lowest BCUT2D eigenvalue weighted by Crippen LogP contribution is -1.87. The molecule has 12 heavy (non-hydrogen) atoms. The summed E-state index contributed by atoms with van der Waals surface area (Å²) in [5, 5.41) is 9.87. The molecule has 0 radical (unpaired) electrons. The summed E-state index contributed by atoms with van der Waals surface area (Å²) in [6, 6.07) is 1.47. The Kier molecular flexibility index (Phi) is 2.85. The molecule has 1 rings (SSSR count). The minimum atomic E-state index is 0.133. The Morgan fingerprint density at radius 2 is 2.17 bits per heavy atom. The van der Waals surface area contributed by atoms with Gasteiger partial charge in [0.25, 0.3) is 0 Å². The fraction of sp³-hybridized carbons (Fsp3) is 0.250. The van der Waals surface area contributed by atoms with Crippen LogP contribution in [0.15, 0.2) is 10.5 Å². The van der Waals surface area contributed by atoms with Gasteiger partial charge in [0.05, 0.1) is 16.6 Å². The first-order chi connectivity index (χ1) is 5.57. The van der Waals surface area contributed by atoms with Crippen molar-refractivity contribution < 1.29 is 9.84 Å². The average Bonchev–Trinajstić information content (AvgIpc) is 2.08. The Hall–Kier alpha value is -0.410. The summed E-state index contributed by atoms with van der Waals surface area (Å²) in [6.45, 7) is 1.80. The van der Waals surface area contributed by atoms with Gasteiger partial charge in [0.2, 0.25) is 0 Å². The molecular weight excluding hydrogens is 243 g/mol. The first kappa shape index (κ1) is 9.68. The summed E-state index contributed by atoms with van der Waals surface area (Å²) in [5.74, 6) is 0.614. The quantitative estimate of drug-likeness (QED) is 0.831. The lowest BCUT2D eigenvalue weighted by molar-refractivity contribution is 0.406. The molecule has 1 N–H and O–H groups in total. The first-order valence-electron chi connectivity index (χ1n) is 3.29. The van der Waals surface area contributed by atoms with Crippen molar-refractivity contribution in [1.82, 2.24) is 0 Å². The summed E-state index contributed by atoms with van der Waals surface area (Å²) < 4.78 is 5.55. The second-order valence-electron chi connectivity index (χ2n) is 2.35. The van der Waals surface area contributed by atoms with Gasteiger partial charge in [-0.25, -0.2) is 0 Å². The summed E-state index contributed by atoms with van der Waals surface area (Å²) in [5.41, 5.74) is 0.772. The van der Waals surface area contributed by atoms with Crippen molar-refractivity contribution in [2.75, 3.05) is 7.11 Å². The molecule has 0 spiro atoms. The molecule has 1 aromatic rings. The molecule has 4 heteroatoms. The van der Waals surface area contributed by atoms with Gasteiger partial charge in [-0.2, -0.15) is 0 Å². The molecule has 0 aliphatic carbocycles. The summed E-state index contributed by atoms with van der Waals surface area (Å²) >= 11 is 9.11. The maximum atomic E-state index is 9.35. The molecule has 0 heterocycles. The van der Waals surface area contributed by atoms with E-state index >= 15 is 0 Å². The van der Waals surface area contributed by atoms with Crippen LogP contribution in [0.2, 0.25) is 5.02 Å². The van der Waals surface area contributed by atoms with Crippen molar-refractivity contribution >= 4 is 27.5 Å². The largest absolute Gasteiger partial charge is 0.507 e. The number of phenols is 1. The van der Waals surface area contributed by atoms with Crippen molar-refractivity contribution in [3.05, 3.63) is 21.1 Å².